The molecule has 4 heteroatoms. The van der Waals surface area contributed by atoms with Crippen molar-refractivity contribution in [3.05, 3.63) is 18.6 Å². The van der Waals surface area contributed by atoms with Crippen molar-refractivity contribution in [2.75, 3.05) is 11.9 Å². The Kier molecular flexibility index (Phi) is 3.19. The number of ketones is 1. The minimum absolute atomic E-state index is 0.173. The summed E-state index contributed by atoms with van der Waals surface area (Å²) < 4.78 is 0. The SMILES string of the molecule is CC(=O)CCNc1cnccn1. The zero-order valence-corrected chi connectivity index (χ0v) is 6.95. The number of aromatic nitrogens is 2. The fourth-order valence-corrected chi connectivity index (χ4v) is 0.757. The van der Waals surface area contributed by atoms with Crippen LogP contribution in [0.15, 0.2) is 18.6 Å². The van der Waals surface area contributed by atoms with Crippen molar-refractivity contribution >= 4 is 11.6 Å². The van der Waals surface area contributed by atoms with E-state index < -0.39 is 0 Å². The van der Waals surface area contributed by atoms with E-state index in [0.29, 0.717) is 18.8 Å². The second-order valence-corrected chi connectivity index (χ2v) is 2.47. The first-order chi connectivity index (χ1) is 5.79. The van der Waals surface area contributed by atoms with E-state index in [1.54, 1.807) is 25.5 Å². The fraction of sp³-hybridized carbons (Fsp3) is 0.375. The number of hydrogen-bond donors (Lipinski definition) is 1. The smallest absolute Gasteiger partial charge is 0.144 e. The van der Waals surface area contributed by atoms with Gasteiger partial charge in [0.1, 0.15) is 11.6 Å². The molecule has 1 rings (SSSR count). The van der Waals surface area contributed by atoms with Gasteiger partial charge in [-0.25, -0.2) is 4.98 Å². The summed E-state index contributed by atoms with van der Waals surface area (Å²) >= 11 is 0. The van der Waals surface area contributed by atoms with E-state index in [2.05, 4.69) is 15.3 Å². The number of hydrogen-bond acceptors (Lipinski definition) is 4. The lowest BCUT2D eigenvalue weighted by atomic mass is 10.3. The van der Waals surface area contributed by atoms with Crippen LogP contribution in [0.4, 0.5) is 5.82 Å². The van der Waals surface area contributed by atoms with Crippen LogP contribution in [0.25, 0.3) is 0 Å². The third-order valence-electron chi connectivity index (χ3n) is 1.35. The molecule has 0 amide bonds. The molecule has 0 fully saturated rings. The van der Waals surface area contributed by atoms with E-state index in [0.717, 1.165) is 0 Å². The lowest BCUT2D eigenvalue weighted by molar-refractivity contribution is -0.116. The summed E-state index contributed by atoms with van der Waals surface area (Å²) in [6, 6.07) is 0. The highest BCUT2D eigenvalue weighted by atomic mass is 16.1. The molecule has 4 nitrogen and oxygen atoms in total. The maximum Gasteiger partial charge on any atom is 0.144 e. The summed E-state index contributed by atoms with van der Waals surface area (Å²) in [5.74, 6) is 0.880. The van der Waals surface area contributed by atoms with E-state index in [1.807, 2.05) is 0 Å². The molecule has 1 N–H and O–H groups in total. The molecule has 1 heterocycles. The standard InChI is InChI=1S/C8H11N3O/c1-7(12)2-3-10-8-6-9-4-5-11-8/h4-6H,2-3H2,1H3,(H,10,11). The lowest BCUT2D eigenvalue weighted by Gasteiger charge is -2.01. The molecule has 0 unspecified atom stereocenters. The Hall–Kier alpha value is -1.45. The quantitative estimate of drug-likeness (QED) is 0.719. The Morgan fingerprint density at radius 3 is 3.00 bits per heavy atom. The van der Waals surface area contributed by atoms with E-state index in [9.17, 15) is 4.79 Å². The van der Waals surface area contributed by atoms with Gasteiger partial charge in [0.15, 0.2) is 0 Å². The van der Waals surface area contributed by atoms with Gasteiger partial charge in [0, 0.05) is 25.4 Å². The summed E-state index contributed by atoms with van der Waals surface area (Å²) in [6.45, 7) is 2.19. The van der Waals surface area contributed by atoms with Gasteiger partial charge in [0.2, 0.25) is 0 Å². The summed E-state index contributed by atoms with van der Waals surface area (Å²) in [7, 11) is 0. The molecule has 0 aliphatic rings. The Labute approximate surface area is 71.0 Å². The molecule has 0 aliphatic heterocycles. The number of nitrogens with one attached hydrogen (secondary N) is 1. The molecular weight excluding hydrogens is 154 g/mol. The van der Waals surface area contributed by atoms with Crippen LogP contribution in [0.1, 0.15) is 13.3 Å². The summed E-state index contributed by atoms with van der Waals surface area (Å²) in [5, 5.41) is 2.98. The molecule has 1 aromatic rings. The molecule has 12 heavy (non-hydrogen) atoms. The van der Waals surface area contributed by atoms with Crippen molar-refractivity contribution in [1.29, 1.82) is 0 Å². The van der Waals surface area contributed by atoms with Crippen LogP contribution < -0.4 is 5.32 Å². The average molecular weight is 165 g/mol. The number of carbonyl (C=O) groups excluding carboxylic acids is 1. The van der Waals surface area contributed by atoms with Crippen molar-refractivity contribution in [1.82, 2.24) is 9.97 Å². The predicted octanol–water partition coefficient (Wildman–Crippen LogP) is 0.868. The third kappa shape index (κ3) is 3.09. The lowest BCUT2D eigenvalue weighted by Crippen LogP contribution is -2.06. The van der Waals surface area contributed by atoms with Gasteiger partial charge >= 0.3 is 0 Å². The summed E-state index contributed by atoms with van der Waals surface area (Å²) in [6.07, 6.45) is 5.36. The fourth-order valence-electron chi connectivity index (χ4n) is 0.757. The maximum absolute atomic E-state index is 10.6. The Bertz CT molecular complexity index is 248. The highest BCUT2D eigenvalue weighted by Gasteiger charge is 1.93. The Morgan fingerprint density at radius 2 is 2.42 bits per heavy atom. The van der Waals surface area contributed by atoms with Crippen LogP contribution in [0, 0.1) is 0 Å². The van der Waals surface area contributed by atoms with Crippen molar-refractivity contribution in [2.45, 2.75) is 13.3 Å². The van der Waals surface area contributed by atoms with Crippen molar-refractivity contribution in [3.8, 4) is 0 Å². The minimum atomic E-state index is 0.173. The molecule has 0 atom stereocenters. The van der Waals surface area contributed by atoms with Crippen LogP contribution in [0.2, 0.25) is 0 Å². The monoisotopic (exact) mass is 165 g/mol. The summed E-state index contributed by atoms with van der Waals surface area (Å²) in [4.78, 5) is 18.4. The van der Waals surface area contributed by atoms with Crippen LogP contribution in [0.3, 0.4) is 0 Å². The van der Waals surface area contributed by atoms with Crippen molar-refractivity contribution in [3.63, 3.8) is 0 Å². The second kappa shape index (κ2) is 4.43. The number of rotatable bonds is 4. The van der Waals surface area contributed by atoms with Gasteiger partial charge in [-0.1, -0.05) is 0 Å². The van der Waals surface area contributed by atoms with Gasteiger partial charge < -0.3 is 5.32 Å². The molecule has 0 saturated carbocycles. The maximum atomic E-state index is 10.6. The molecule has 0 saturated heterocycles. The van der Waals surface area contributed by atoms with E-state index >= 15 is 0 Å². The van der Waals surface area contributed by atoms with Crippen molar-refractivity contribution in [2.24, 2.45) is 0 Å². The first-order valence-corrected chi connectivity index (χ1v) is 3.78. The number of carbonyl (C=O) groups is 1. The molecule has 0 spiro atoms. The van der Waals surface area contributed by atoms with E-state index in [-0.39, 0.29) is 5.78 Å². The predicted molar refractivity (Wildman–Crippen MR) is 45.8 cm³/mol. The number of nitrogens with zero attached hydrogens (tertiary/aromatic N) is 2. The topological polar surface area (TPSA) is 54.9 Å². The Morgan fingerprint density at radius 1 is 1.58 bits per heavy atom. The first kappa shape index (κ1) is 8.64. The average Bonchev–Trinajstić information content (AvgIpc) is 2.05. The van der Waals surface area contributed by atoms with Gasteiger partial charge in [-0.3, -0.25) is 9.78 Å². The van der Waals surface area contributed by atoms with Gasteiger partial charge in [-0.2, -0.15) is 0 Å². The van der Waals surface area contributed by atoms with E-state index in [4.69, 9.17) is 0 Å². The first-order valence-electron chi connectivity index (χ1n) is 3.78. The number of Topliss-reactive ketones (excluding diaryl/α,β-unsaturated/α-hetero) is 1. The van der Waals surface area contributed by atoms with E-state index in [1.165, 1.54) is 0 Å². The second-order valence-electron chi connectivity index (χ2n) is 2.47. The van der Waals surface area contributed by atoms with Crippen LogP contribution in [0.5, 0.6) is 0 Å². The zero-order chi connectivity index (χ0) is 8.81. The molecule has 0 aliphatic carbocycles. The molecule has 0 bridgehead atoms. The van der Waals surface area contributed by atoms with Gasteiger partial charge in [0.05, 0.1) is 6.20 Å². The highest BCUT2D eigenvalue weighted by Crippen LogP contribution is 1.96. The van der Waals surface area contributed by atoms with Crippen LogP contribution in [-0.2, 0) is 4.79 Å². The van der Waals surface area contributed by atoms with Crippen LogP contribution >= 0.6 is 0 Å². The van der Waals surface area contributed by atoms with Crippen molar-refractivity contribution < 1.29 is 4.79 Å². The molecule has 1 aromatic heterocycles. The molecule has 64 valence electrons. The highest BCUT2D eigenvalue weighted by molar-refractivity contribution is 5.75. The minimum Gasteiger partial charge on any atom is -0.368 e. The number of anilines is 1. The Balaban J connectivity index is 2.29. The largest absolute Gasteiger partial charge is 0.368 e. The van der Waals surface area contributed by atoms with Crippen LogP contribution in [-0.4, -0.2) is 22.3 Å². The normalized spacial score (nSPS) is 9.42. The summed E-state index contributed by atoms with van der Waals surface area (Å²) in [5.41, 5.74) is 0. The zero-order valence-electron chi connectivity index (χ0n) is 6.95. The third-order valence-corrected chi connectivity index (χ3v) is 1.35. The van der Waals surface area contributed by atoms with Gasteiger partial charge in [-0.15, -0.1) is 0 Å². The molecular formula is C8H11N3O. The van der Waals surface area contributed by atoms with Gasteiger partial charge in [-0.05, 0) is 6.92 Å². The molecule has 0 aromatic carbocycles. The molecule has 0 radical (unpaired) electrons. The van der Waals surface area contributed by atoms with Gasteiger partial charge in [0.25, 0.3) is 0 Å².